The molecule has 0 unspecified atom stereocenters. The number of para-hydroxylation sites is 1. The molecule has 14 heavy (non-hydrogen) atoms. The molecule has 2 rings (SSSR count). The fraction of sp³-hybridized carbons (Fsp3) is 0. The Hall–Kier alpha value is -2.11. The molecule has 4 N–H and O–H groups in total. The van der Waals surface area contributed by atoms with Gasteiger partial charge in [0.2, 0.25) is 11.9 Å². The largest absolute Gasteiger partial charge is 0.368 e. The number of hydrogen-bond donors (Lipinski definition) is 2. The molecule has 0 atom stereocenters. The smallest absolute Gasteiger partial charge is 0.241 e. The number of benzene rings is 1. The van der Waals surface area contributed by atoms with Gasteiger partial charge in [-0.2, -0.15) is 9.67 Å². The van der Waals surface area contributed by atoms with Gasteiger partial charge in [0.25, 0.3) is 0 Å². The summed E-state index contributed by atoms with van der Waals surface area (Å²) in [5.41, 5.74) is 11.0. The second-order valence-corrected chi connectivity index (χ2v) is 2.69. The maximum absolute atomic E-state index is 13.3. The molecule has 1 heterocycles. The predicted molar refractivity (Wildman–Crippen MR) is 50.1 cm³/mol. The van der Waals surface area contributed by atoms with Crippen LogP contribution in [-0.2, 0) is 0 Å². The monoisotopic (exact) mass is 193 g/mol. The summed E-state index contributed by atoms with van der Waals surface area (Å²) in [7, 11) is 0. The van der Waals surface area contributed by atoms with E-state index in [-0.39, 0.29) is 17.6 Å². The number of nitrogens with zero attached hydrogens (tertiary/aromatic N) is 3. The maximum Gasteiger partial charge on any atom is 0.241 e. The lowest BCUT2D eigenvalue weighted by Gasteiger charge is -2.02. The average molecular weight is 193 g/mol. The number of nitrogen functional groups attached to an aromatic ring is 2. The molecule has 0 aliphatic heterocycles. The van der Waals surface area contributed by atoms with Crippen molar-refractivity contribution in [2.75, 3.05) is 11.5 Å². The SMILES string of the molecule is Nc1nc(N)n(-c2ccccc2F)n1. The zero-order valence-corrected chi connectivity index (χ0v) is 7.18. The van der Waals surface area contributed by atoms with Gasteiger partial charge < -0.3 is 11.5 Å². The number of anilines is 2. The topological polar surface area (TPSA) is 82.7 Å². The highest BCUT2D eigenvalue weighted by Crippen LogP contribution is 2.15. The lowest BCUT2D eigenvalue weighted by atomic mass is 10.3. The van der Waals surface area contributed by atoms with Gasteiger partial charge in [-0.15, -0.1) is 5.10 Å². The van der Waals surface area contributed by atoms with E-state index in [0.29, 0.717) is 0 Å². The quantitative estimate of drug-likeness (QED) is 0.693. The van der Waals surface area contributed by atoms with Crippen molar-refractivity contribution in [1.82, 2.24) is 14.8 Å². The molecule has 72 valence electrons. The standard InChI is InChI=1S/C8H8FN5/c9-5-3-1-2-4-6(5)14-8(11)12-7(10)13-14/h1-4H,(H4,10,11,12,13). The Bertz CT molecular complexity index is 465. The molecule has 0 saturated heterocycles. The van der Waals surface area contributed by atoms with E-state index in [2.05, 4.69) is 10.1 Å². The minimum Gasteiger partial charge on any atom is -0.368 e. The van der Waals surface area contributed by atoms with Gasteiger partial charge in [-0.05, 0) is 12.1 Å². The highest BCUT2D eigenvalue weighted by atomic mass is 19.1. The second-order valence-electron chi connectivity index (χ2n) is 2.69. The fourth-order valence-electron chi connectivity index (χ4n) is 1.14. The molecule has 0 bridgehead atoms. The Labute approximate surface area is 79.2 Å². The molecule has 0 aliphatic carbocycles. The molecule has 0 aliphatic rings. The Morgan fingerprint density at radius 3 is 2.50 bits per heavy atom. The Morgan fingerprint density at radius 2 is 1.93 bits per heavy atom. The maximum atomic E-state index is 13.3. The van der Waals surface area contributed by atoms with E-state index in [1.165, 1.54) is 6.07 Å². The average Bonchev–Trinajstić information content (AvgIpc) is 2.46. The number of nitrogens with two attached hydrogens (primary N) is 2. The molecule has 2 aromatic rings. The highest BCUT2D eigenvalue weighted by molar-refractivity contribution is 5.41. The molecule has 1 aromatic heterocycles. The first-order valence-electron chi connectivity index (χ1n) is 3.91. The van der Waals surface area contributed by atoms with Crippen molar-refractivity contribution in [2.45, 2.75) is 0 Å². The number of rotatable bonds is 1. The zero-order chi connectivity index (χ0) is 10.1. The van der Waals surface area contributed by atoms with Crippen molar-refractivity contribution in [1.29, 1.82) is 0 Å². The van der Waals surface area contributed by atoms with Crippen LogP contribution in [0.25, 0.3) is 5.69 Å². The van der Waals surface area contributed by atoms with E-state index in [9.17, 15) is 4.39 Å². The normalized spacial score (nSPS) is 10.4. The molecule has 0 saturated carbocycles. The minimum atomic E-state index is -0.427. The summed E-state index contributed by atoms with van der Waals surface area (Å²) in [4.78, 5) is 3.67. The molecule has 0 spiro atoms. The van der Waals surface area contributed by atoms with E-state index in [1.54, 1.807) is 18.2 Å². The van der Waals surface area contributed by atoms with Crippen LogP contribution < -0.4 is 11.5 Å². The van der Waals surface area contributed by atoms with Crippen LogP contribution in [0.4, 0.5) is 16.3 Å². The first-order chi connectivity index (χ1) is 6.68. The van der Waals surface area contributed by atoms with Crippen LogP contribution >= 0.6 is 0 Å². The summed E-state index contributed by atoms with van der Waals surface area (Å²) in [5.74, 6) is -0.345. The summed E-state index contributed by atoms with van der Waals surface area (Å²) < 4.78 is 14.4. The van der Waals surface area contributed by atoms with Gasteiger partial charge in [-0.3, -0.25) is 0 Å². The van der Waals surface area contributed by atoms with Gasteiger partial charge in [0.15, 0.2) is 0 Å². The summed E-state index contributed by atoms with van der Waals surface area (Å²) in [5, 5.41) is 3.76. The third-order valence-electron chi connectivity index (χ3n) is 1.73. The van der Waals surface area contributed by atoms with Gasteiger partial charge in [-0.25, -0.2) is 4.39 Å². The third-order valence-corrected chi connectivity index (χ3v) is 1.73. The van der Waals surface area contributed by atoms with Gasteiger partial charge >= 0.3 is 0 Å². The van der Waals surface area contributed by atoms with Crippen molar-refractivity contribution in [3.63, 3.8) is 0 Å². The van der Waals surface area contributed by atoms with Crippen LogP contribution in [0, 0.1) is 5.82 Å². The van der Waals surface area contributed by atoms with Gasteiger partial charge in [0.05, 0.1) is 0 Å². The predicted octanol–water partition coefficient (Wildman–Crippen LogP) is 0.571. The Balaban J connectivity index is 2.60. The second kappa shape index (κ2) is 2.99. The number of halogens is 1. The molecule has 0 amide bonds. The van der Waals surface area contributed by atoms with Gasteiger partial charge in [-0.1, -0.05) is 12.1 Å². The van der Waals surface area contributed by atoms with Crippen LogP contribution in [0.3, 0.4) is 0 Å². The van der Waals surface area contributed by atoms with E-state index in [4.69, 9.17) is 11.5 Å². The molecule has 1 aromatic carbocycles. The van der Waals surface area contributed by atoms with Gasteiger partial charge in [0.1, 0.15) is 11.5 Å². The van der Waals surface area contributed by atoms with Crippen molar-refractivity contribution < 1.29 is 4.39 Å². The summed E-state index contributed by atoms with van der Waals surface area (Å²) in [6, 6.07) is 6.11. The van der Waals surface area contributed by atoms with Crippen LogP contribution in [0.2, 0.25) is 0 Å². The van der Waals surface area contributed by atoms with E-state index < -0.39 is 5.82 Å². The van der Waals surface area contributed by atoms with Crippen molar-refractivity contribution in [3.8, 4) is 5.69 Å². The number of aromatic nitrogens is 3. The first kappa shape index (κ1) is 8.49. The molecule has 0 fully saturated rings. The zero-order valence-electron chi connectivity index (χ0n) is 7.18. The van der Waals surface area contributed by atoms with Crippen LogP contribution in [-0.4, -0.2) is 14.8 Å². The Kier molecular flexibility index (Phi) is 1.81. The molecular formula is C8H8FN5. The van der Waals surface area contributed by atoms with Crippen LogP contribution in [0.15, 0.2) is 24.3 Å². The van der Waals surface area contributed by atoms with Crippen LogP contribution in [0.5, 0.6) is 0 Å². The highest BCUT2D eigenvalue weighted by Gasteiger charge is 2.09. The van der Waals surface area contributed by atoms with Crippen molar-refractivity contribution in [2.24, 2.45) is 0 Å². The molecule has 5 nitrogen and oxygen atoms in total. The Morgan fingerprint density at radius 1 is 1.21 bits per heavy atom. The number of hydrogen-bond acceptors (Lipinski definition) is 4. The van der Waals surface area contributed by atoms with E-state index in [0.717, 1.165) is 4.68 Å². The molecular weight excluding hydrogens is 185 g/mol. The lowest BCUT2D eigenvalue weighted by molar-refractivity contribution is 0.612. The fourth-order valence-corrected chi connectivity index (χ4v) is 1.14. The third kappa shape index (κ3) is 1.26. The van der Waals surface area contributed by atoms with Crippen molar-refractivity contribution >= 4 is 11.9 Å². The first-order valence-corrected chi connectivity index (χ1v) is 3.91. The summed E-state index contributed by atoms with van der Waals surface area (Å²) in [6.07, 6.45) is 0. The van der Waals surface area contributed by atoms with Crippen LogP contribution in [0.1, 0.15) is 0 Å². The van der Waals surface area contributed by atoms with E-state index >= 15 is 0 Å². The van der Waals surface area contributed by atoms with E-state index in [1.807, 2.05) is 0 Å². The molecule has 0 radical (unpaired) electrons. The van der Waals surface area contributed by atoms with Crippen molar-refractivity contribution in [3.05, 3.63) is 30.1 Å². The lowest BCUT2D eigenvalue weighted by Crippen LogP contribution is -2.04. The summed E-state index contributed by atoms with van der Waals surface area (Å²) >= 11 is 0. The summed E-state index contributed by atoms with van der Waals surface area (Å²) in [6.45, 7) is 0. The van der Waals surface area contributed by atoms with Gasteiger partial charge in [0, 0.05) is 0 Å². The minimum absolute atomic E-state index is 0.0192. The molecule has 6 heteroatoms.